The van der Waals surface area contributed by atoms with Gasteiger partial charge in [-0.05, 0) is 25.8 Å². The standard InChI is InChI=1S/C21H25NO5/c1-5-16-13-20(19(24)25-6-2)17(15-11-9-8-10-12-15)22-21(16,26-7-3)18(20)27-14(4)23/h5,8-12,16,18H,1,6-7,13H2,2-4H3/t16-,18-,20-,21-/m1/s1. The third-order valence-corrected chi connectivity index (χ3v) is 5.24. The third kappa shape index (κ3) is 2.79. The van der Waals surface area contributed by atoms with Gasteiger partial charge in [-0.25, -0.2) is 4.99 Å². The predicted molar refractivity (Wildman–Crippen MR) is 100 cm³/mol. The molecular formula is C21H25NO5. The maximum absolute atomic E-state index is 13.2. The van der Waals surface area contributed by atoms with Crippen LogP contribution in [0.1, 0.15) is 32.8 Å². The van der Waals surface area contributed by atoms with Crippen LogP contribution in [0, 0.1) is 11.3 Å². The summed E-state index contributed by atoms with van der Waals surface area (Å²) < 4.78 is 17.2. The van der Waals surface area contributed by atoms with E-state index in [1.54, 1.807) is 13.0 Å². The summed E-state index contributed by atoms with van der Waals surface area (Å²) in [6.45, 7) is 9.38. The Labute approximate surface area is 159 Å². The Hall–Kier alpha value is -2.47. The van der Waals surface area contributed by atoms with Gasteiger partial charge in [0.2, 0.25) is 5.72 Å². The van der Waals surface area contributed by atoms with E-state index in [1.807, 2.05) is 37.3 Å². The molecule has 2 bridgehead atoms. The van der Waals surface area contributed by atoms with Crippen molar-refractivity contribution in [2.24, 2.45) is 16.3 Å². The second-order valence-corrected chi connectivity index (χ2v) is 6.74. The molecule has 0 spiro atoms. The van der Waals surface area contributed by atoms with Crippen LogP contribution in [0.2, 0.25) is 0 Å². The van der Waals surface area contributed by atoms with E-state index >= 15 is 0 Å². The third-order valence-electron chi connectivity index (χ3n) is 5.24. The van der Waals surface area contributed by atoms with Gasteiger partial charge in [0.15, 0.2) is 11.5 Å². The Kier molecular flexibility index (Phi) is 5.20. The fourth-order valence-corrected chi connectivity index (χ4v) is 4.30. The van der Waals surface area contributed by atoms with Gasteiger partial charge in [-0.15, -0.1) is 6.58 Å². The fraction of sp³-hybridized carbons (Fsp3) is 0.476. The molecule has 27 heavy (non-hydrogen) atoms. The summed E-state index contributed by atoms with van der Waals surface area (Å²) in [4.78, 5) is 30.0. The highest BCUT2D eigenvalue weighted by Crippen LogP contribution is 2.60. The van der Waals surface area contributed by atoms with Crippen molar-refractivity contribution in [1.82, 2.24) is 0 Å². The van der Waals surface area contributed by atoms with Gasteiger partial charge < -0.3 is 14.2 Å². The predicted octanol–water partition coefficient (Wildman–Crippen LogP) is 2.91. The number of nitrogens with zero attached hydrogens (tertiary/aromatic N) is 1. The normalized spacial score (nSPS) is 31.3. The summed E-state index contributed by atoms with van der Waals surface area (Å²) in [7, 11) is 0. The minimum absolute atomic E-state index is 0.218. The van der Waals surface area contributed by atoms with Crippen LogP contribution in [0.25, 0.3) is 0 Å². The van der Waals surface area contributed by atoms with E-state index in [0.717, 1.165) is 5.56 Å². The molecule has 1 aromatic carbocycles. The molecule has 1 aliphatic heterocycles. The molecule has 6 heteroatoms. The Morgan fingerprint density at radius 1 is 1.26 bits per heavy atom. The number of fused-ring (bicyclic) bond motifs is 2. The summed E-state index contributed by atoms with van der Waals surface area (Å²) >= 11 is 0. The molecule has 144 valence electrons. The number of rotatable bonds is 7. The summed E-state index contributed by atoms with van der Waals surface area (Å²) in [5.41, 5.74) is -1.08. The molecule has 4 atom stereocenters. The summed E-state index contributed by atoms with van der Waals surface area (Å²) in [5, 5.41) is 0. The minimum Gasteiger partial charge on any atom is -0.465 e. The van der Waals surface area contributed by atoms with Gasteiger partial charge in [0.1, 0.15) is 0 Å². The molecule has 2 aliphatic rings. The minimum atomic E-state index is -1.23. The van der Waals surface area contributed by atoms with Crippen molar-refractivity contribution >= 4 is 17.7 Å². The maximum atomic E-state index is 13.2. The van der Waals surface area contributed by atoms with Crippen LogP contribution in [-0.4, -0.2) is 42.7 Å². The Bertz CT molecular complexity index is 774. The molecule has 1 aromatic rings. The van der Waals surface area contributed by atoms with Crippen molar-refractivity contribution in [3.63, 3.8) is 0 Å². The molecule has 0 amide bonds. The van der Waals surface area contributed by atoms with Gasteiger partial charge in [0.05, 0.1) is 12.3 Å². The van der Waals surface area contributed by atoms with E-state index in [9.17, 15) is 9.59 Å². The molecular weight excluding hydrogens is 346 g/mol. The van der Waals surface area contributed by atoms with E-state index in [1.165, 1.54) is 6.92 Å². The summed E-state index contributed by atoms with van der Waals surface area (Å²) in [5.74, 6) is -1.23. The average molecular weight is 371 g/mol. The lowest BCUT2D eigenvalue weighted by atomic mass is 9.76. The lowest BCUT2D eigenvalue weighted by Gasteiger charge is -2.32. The van der Waals surface area contributed by atoms with Crippen molar-refractivity contribution in [3.8, 4) is 0 Å². The van der Waals surface area contributed by atoms with Crippen molar-refractivity contribution in [2.45, 2.75) is 39.0 Å². The van der Waals surface area contributed by atoms with Gasteiger partial charge in [-0.1, -0.05) is 36.4 Å². The first-order valence-electron chi connectivity index (χ1n) is 9.23. The van der Waals surface area contributed by atoms with E-state index in [4.69, 9.17) is 19.2 Å². The Morgan fingerprint density at radius 2 is 1.96 bits per heavy atom. The molecule has 1 saturated carbocycles. The monoisotopic (exact) mass is 371 g/mol. The van der Waals surface area contributed by atoms with Crippen LogP contribution < -0.4 is 0 Å². The summed E-state index contributed by atoms with van der Waals surface area (Å²) in [6.07, 6.45) is 1.18. The molecule has 3 rings (SSSR count). The second kappa shape index (κ2) is 7.27. The molecule has 0 unspecified atom stereocenters. The highest BCUT2D eigenvalue weighted by Gasteiger charge is 2.75. The van der Waals surface area contributed by atoms with Gasteiger partial charge >= 0.3 is 11.9 Å². The van der Waals surface area contributed by atoms with Gasteiger partial charge in [0.25, 0.3) is 0 Å². The number of hydrogen-bond donors (Lipinski definition) is 0. The zero-order valence-electron chi connectivity index (χ0n) is 15.9. The zero-order chi connectivity index (χ0) is 19.7. The van der Waals surface area contributed by atoms with Crippen molar-refractivity contribution < 1.29 is 23.8 Å². The van der Waals surface area contributed by atoms with Gasteiger partial charge in [-0.3, -0.25) is 9.59 Å². The topological polar surface area (TPSA) is 74.2 Å². The SMILES string of the molecule is C=C[C@@H]1C[C@@]2(C(=O)OCC)C(c3ccccc3)=N[C@]1(OCC)[C@@H]2OC(C)=O. The van der Waals surface area contributed by atoms with E-state index in [0.29, 0.717) is 18.7 Å². The largest absolute Gasteiger partial charge is 0.465 e. The molecule has 1 aliphatic carbocycles. The van der Waals surface area contributed by atoms with Crippen LogP contribution in [0.5, 0.6) is 0 Å². The maximum Gasteiger partial charge on any atom is 0.322 e. The van der Waals surface area contributed by atoms with E-state index in [2.05, 4.69) is 6.58 Å². The number of ether oxygens (including phenoxy) is 3. The smallest absolute Gasteiger partial charge is 0.322 e. The van der Waals surface area contributed by atoms with Crippen LogP contribution in [-0.2, 0) is 23.8 Å². The Morgan fingerprint density at radius 3 is 2.52 bits per heavy atom. The van der Waals surface area contributed by atoms with Gasteiger partial charge in [0, 0.05) is 19.4 Å². The molecule has 0 radical (unpaired) electrons. The van der Waals surface area contributed by atoms with Crippen molar-refractivity contribution in [2.75, 3.05) is 13.2 Å². The first kappa shape index (κ1) is 19.3. The number of benzene rings is 1. The van der Waals surface area contributed by atoms with Crippen LogP contribution >= 0.6 is 0 Å². The molecule has 6 nitrogen and oxygen atoms in total. The first-order valence-corrected chi connectivity index (χ1v) is 9.23. The lowest BCUT2D eigenvalue weighted by Crippen LogP contribution is -2.50. The lowest BCUT2D eigenvalue weighted by molar-refractivity contribution is -0.179. The van der Waals surface area contributed by atoms with Gasteiger partial charge in [-0.2, -0.15) is 0 Å². The first-order chi connectivity index (χ1) is 13.0. The van der Waals surface area contributed by atoms with Crippen LogP contribution in [0.15, 0.2) is 48.0 Å². The van der Waals surface area contributed by atoms with Crippen LogP contribution in [0.4, 0.5) is 0 Å². The number of hydrogen-bond acceptors (Lipinski definition) is 6. The fourth-order valence-electron chi connectivity index (χ4n) is 4.30. The number of aliphatic imine (C=N–C) groups is 1. The van der Waals surface area contributed by atoms with Crippen molar-refractivity contribution in [3.05, 3.63) is 48.6 Å². The second-order valence-electron chi connectivity index (χ2n) is 6.74. The quantitative estimate of drug-likeness (QED) is 0.544. The molecule has 0 aromatic heterocycles. The van der Waals surface area contributed by atoms with E-state index < -0.39 is 29.2 Å². The number of carbonyl (C=O) groups excluding carboxylic acids is 2. The van der Waals surface area contributed by atoms with Crippen LogP contribution in [0.3, 0.4) is 0 Å². The van der Waals surface area contributed by atoms with E-state index in [-0.39, 0.29) is 12.5 Å². The molecule has 1 heterocycles. The molecule has 0 N–H and O–H groups in total. The average Bonchev–Trinajstić information content (AvgIpc) is 3.07. The highest BCUT2D eigenvalue weighted by molar-refractivity contribution is 6.18. The van der Waals surface area contributed by atoms with Crippen molar-refractivity contribution in [1.29, 1.82) is 0 Å². The summed E-state index contributed by atoms with van der Waals surface area (Å²) in [6, 6.07) is 9.41. The highest BCUT2D eigenvalue weighted by atomic mass is 16.6. The zero-order valence-corrected chi connectivity index (χ0v) is 15.9. The number of carbonyl (C=O) groups is 2. The Balaban J connectivity index is 2.25. The molecule has 0 saturated heterocycles. The molecule has 1 fully saturated rings. The number of esters is 2.